The summed E-state index contributed by atoms with van der Waals surface area (Å²) >= 11 is 0. The molecule has 29 heavy (non-hydrogen) atoms. The second kappa shape index (κ2) is 9.02. The Kier molecular flexibility index (Phi) is 7.35. The number of likely N-dealkylation sites (N-methyl/N-ethyl adjacent to an activating group) is 1. The summed E-state index contributed by atoms with van der Waals surface area (Å²) in [6, 6.07) is -0.366. The molecule has 1 unspecified atom stereocenters. The lowest BCUT2D eigenvalue weighted by Gasteiger charge is -2.30. The zero-order valence-corrected chi connectivity index (χ0v) is 18.8. The van der Waals surface area contributed by atoms with Crippen molar-refractivity contribution < 1.29 is 27.5 Å². The predicted octanol–water partition coefficient (Wildman–Crippen LogP) is 1.43. The summed E-state index contributed by atoms with van der Waals surface area (Å²) in [4.78, 5) is 39.3. The number of carbonyl (C=O) groups excluding carboxylic acids is 3. The lowest BCUT2D eigenvalue weighted by Crippen LogP contribution is -2.46. The van der Waals surface area contributed by atoms with Crippen molar-refractivity contribution >= 4 is 27.6 Å². The summed E-state index contributed by atoms with van der Waals surface area (Å²) < 4.78 is 28.8. The minimum Gasteiger partial charge on any atom is -0.455 e. The van der Waals surface area contributed by atoms with Gasteiger partial charge in [0.05, 0.1) is 16.9 Å². The number of nitrogens with zero attached hydrogens (tertiary/aromatic N) is 1. The van der Waals surface area contributed by atoms with Gasteiger partial charge in [-0.25, -0.2) is 8.42 Å². The van der Waals surface area contributed by atoms with Crippen molar-refractivity contribution in [2.75, 3.05) is 24.7 Å². The maximum atomic E-state index is 12.8. The molecule has 0 aromatic heterocycles. The van der Waals surface area contributed by atoms with Gasteiger partial charge in [-0.1, -0.05) is 12.8 Å². The molecule has 0 spiro atoms. The first kappa shape index (κ1) is 23.6. The van der Waals surface area contributed by atoms with Gasteiger partial charge in [-0.2, -0.15) is 0 Å². The highest BCUT2D eigenvalue weighted by molar-refractivity contribution is 7.91. The van der Waals surface area contributed by atoms with Crippen LogP contribution in [0.2, 0.25) is 0 Å². The molecule has 1 atom stereocenters. The van der Waals surface area contributed by atoms with Crippen LogP contribution in [-0.4, -0.2) is 67.3 Å². The van der Waals surface area contributed by atoms with Gasteiger partial charge in [0.15, 0.2) is 16.4 Å². The molecule has 166 valence electrons. The maximum Gasteiger partial charge on any atom is 0.313 e. The first-order chi connectivity index (χ1) is 13.4. The summed E-state index contributed by atoms with van der Waals surface area (Å²) in [6.45, 7) is 7.35. The monoisotopic (exact) mass is 430 g/mol. The van der Waals surface area contributed by atoms with E-state index in [2.05, 4.69) is 5.32 Å². The first-order valence-electron chi connectivity index (χ1n) is 10.4. The standard InChI is InChI=1S/C20H34N2O6S/c1-5-22(15-8-11-29(26,27)14-15)17(24)13-28-18(25)20(9-6-7-10-20)12-16(23)21-19(2,3)4/h15H,5-14H2,1-4H3,(H,21,23). The van der Waals surface area contributed by atoms with E-state index in [1.165, 1.54) is 4.90 Å². The highest BCUT2D eigenvalue weighted by atomic mass is 32.2. The quantitative estimate of drug-likeness (QED) is 0.612. The highest BCUT2D eigenvalue weighted by Crippen LogP contribution is 2.42. The van der Waals surface area contributed by atoms with Gasteiger partial charge in [-0.05, 0) is 47.0 Å². The van der Waals surface area contributed by atoms with Crippen molar-refractivity contribution in [2.24, 2.45) is 5.41 Å². The van der Waals surface area contributed by atoms with Gasteiger partial charge in [-0.3, -0.25) is 14.4 Å². The molecule has 1 heterocycles. The Bertz CT molecular complexity index is 735. The predicted molar refractivity (Wildman–Crippen MR) is 109 cm³/mol. The third-order valence-corrected chi connectivity index (χ3v) is 7.39. The van der Waals surface area contributed by atoms with Gasteiger partial charge in [0.1, 0.15) is 0 Å². The van der Waals surface area contributed by atoms with Crippen LogP contribution in [0.25, 0.3) is 0 Å². The summed E-state index contributed by atoms with van der Waals surface area (Å²) in [5, 5.41) is 2.88. The van der Waals surface area contributed by atoms with Crippen molar-refractivity contribution in [3.8, 4) is 0 Å². The van der Waals surface area contributed by atoms with E-state index in [-0.39, 0.29) is 35.4 Å². The zero-order chi connectivity index (χ0) is 21.9. The largest absolute Gasteiger partial charge is 0.455 e. The van der Waals surface area contributed by atoms with Crippen molar-refractivity contribution in [3.63, 3.8) is 0 Å². The minimum absolute atomic E-state index is 0.0442. The van der Waals surface area contributed by atoms with Crippen molar-refractivity contribution in [1.82, 2.24) is 10.2 Å². The Morgan fingerprint density at radius 3 is 2.28 bits per heavy atom. The molecule has 2 fully saturated rings. The van der Waals surface area contributed by atoms with E-state index in [4.69, 9.17) is 4.74 Å². The van der Waals surface area contributed by atoms with Crippen molar-refractivity contribution in [3.05, 3.63) is 0 Å². The number of nitrogens with one attached hydrogen (secondary N) is 1. The van der Waals surface area contributed by atoms with Crippen LogP contribution in [0.3, 0.4) is 0 Å². The molecule has 1 N–H and O–H groups in total. The number of hydrogen-bond acceptors (Lipinski definition) is 6. The van der Waals surface area contributed by atoms with Crippen LogP contribution in [0.4, 0.5) is 0 Å². The second-order valence-corrected chi connectivity index (χ2v) is 11.5. The summed E-state index contributed by atoms with van der Waals surface area (Å²) in [5.41, 5.74) is -1.27. The molecule has 9 heteroatoms. The molecule has 1 saturated heterocycles. The SMILES string of the molecule is CCN(C(=O)COC(=O)C1(CC(=O)NC(C)(C)C)CCCC1)C1CCS(=O)(=O)C1. The van der Waals surface area contributed by atoms with E-state index in [9.17, 15) is 22.8 Å². The highest BCUT2D eigenvalue weighted by Gasteiger charge is 2.45. The third-order valence-electron chi connectivity index (χ3n) is 5.64. The molecule has 8 nitrogen and oxygen atoms in total. The topological polar surface area (TPSA) is 110 Å². The fraction of sp³-hybridized carbons (Fsp3) is 0.850. The molecule has 1 aliphatic heterocycles. The Morgan fingerprint density at radius 2 is 1.79 bits per heavy atom. The third kappa shape index (κ3) is 6.42. The smallest absolute Gasteiger partial charge is 0.313 e. The van der Waals surface area contributed by atoms with E-state index in [1.54, 1.807) is 6.92 Å². The molecule has 2 aliphatic rings. The first-order valence-corrected chi connectivity index (χ1v) is 12.2. The van der Waals surface area contributed by atoms with Gasteiger partial charge < -0.3 is 15.0 Å². The number of amides is 2. The number of hydrogen-bond donors (Lipinski definition) is 1. The molecule has 0 aromatic carbocycles. The number of esters is 1. The Morgan fingerprint density at radius 1 is 1.17 bits per heavy atom. The zero-order valence-electron chi connectivity index (χ0n) is 18.0. The average molecular weight is 431 g/mol. The molecular weight excluding hydrogens is 396 g/mol. The minimum atomic E-state index is -3.11. The number of rotatable bonds is 7. The fourth-order valence-electron chi connectivity index (χ4n) is 4.30. The van der Waals surface area contributed by atoms with Crippen LogP contribution in [0.15, 0.2) is 0 Å². The number of ether oxygens (including phenoxy) is 1. The van der Waals surface area contributed by atoms with Crippen LogP contribution in [0.1, 0.15) is 66.2 Å². The molecule has 0 aromatic rings. The molecule has 2 rings (SSSR count). The molecule has 0 bridgehead atoms. The van der Waals surface area contributed by atoms with E-state index >= 15 is 0 Å². The Hall–Kier alpha value is -1.64. The fourth-order valence-corrected chi connectivity index (χ4v) is 6.03. The molecule has 2 amide bonds. The van der Waals surface area contributed by atoms with E-state index in [1.807, 2.05) is 20.8 Å². The van der Waals surface area contributed by atoms with Crippen molar-refractivity contribution in [2.45, 2.75) is 77.8 Å². The summed E-state index contributed by atoms with van der Waals surface area (Å²) in [5.74, 6) is -1.07. The summed E-state index contributed by atoms with van der Waals surface area (Å²) in [6.07, 6.45) is 3.27. The van der Waals surface area contributed by atoms with Gasteiger partial charge >= 0.3 is 5.97 Å². The van der Waals surface area contributed by atoms with Crippen LogP contribution in [0.5, 0.6) is 0 Å². The van der Waals surface area contributed by atoms with E-state index in [0.717, 1.165) is 12.8 Å². The molecule has 0 radical (unpaired) electrons. The molecule has 1 aliphatic carbocycles. The molecule has 1 saturated carbocycles. The maximum absolute atomic E-state index is 12.8. The van der Waals surface area contributed by atoms with Gasteiger partial charge in [0.25, 0.3) is 5.91 Å². The van der Waals surface area contributed by atoms with Crippen molar-refractivity contribution in [1.29, 1.82) is 0 Å². The van der Waals surface area contributed by atoms with E-state index < -0.39 is 33.7 Å². The van der Waals surface area contributed by atoms with Crippen LogP contribution >= 0.6 is 0 Å². The average Bonchev–Trinajstić information content (AvgIpc) is 3.19. The Labute approximate surface area is 173 Å². The number of sulfone groups is 1. The van der Waals surface area contributed by atoms with Crippen LogP contribution in [0, 0.1) is 5.41 Å². The normalized spacial score (nSPS) is 22.8. The van der Waals surface area contributed by atoms with Crippen LogP contribution < -0.4 is 5.32 Å². The van der Waals surface area contributed by atoms with Crippen LogP contribution in [-0.2, 0) is 29.0 Å². The number of carbonyl (C=O) groups is 3. The lowest BCUT2D eigenvalue weighted by atomic mass is 9.82. The molecular formula is C20H34N2O6S. The lowest BCUT2D eigenvalue weighted by molar-refractivity contribution is -0.163. The van der Waals surface area contributed by atoms with Gasteiger partial charge in [-0.15, -0.1) is 0 Å². The van der Waals surface area contributed by atoms with Gasteiger partial charge in [0.2, 0.25) is 5.91 Å². The summed E-state index contributed by atoms with van der Waals surface area (Å²) in [7, 11) is -3.11. The second-order valence-electron chi connectivity index (χ2n) is 9.28. The van der Waals surface area contributed by atoms with Gasteiger partial charge in [0, 0.05) is 24.5 Å². The Balaban J connectivity index is 1.97. The van der Waals surface area contributed by atoms with E-state index in [0.29, 0.717) is 25.8 Å².